The summed E-state index contributed by atoms with van der Waals surface area (Å²) in [6.45, 7) is -0.653. The first-order valence-electron chi connectivity index (χ1n) is 2.81. The van der Waals surface area contributed by atoms with Crippen molar-refractivity contribution in [2.24, 2.45) is 0 Å². The van der Waals surface area contributed by atoms with Gasteiger partial charge in [0.2, 0.25) is 0 Å². The maximum absolute atomic E-state index is 10.6. The molecule has 1 rings (SSSR count). The van der Waals surface area contributed by atoms with Crippen LogP contribution in [0.4, 0.5) is 0 Å². The minimum atomic E-state index is -0.874. The van der Waals surface area contributed by atoms with E-state index in [0.717, 1.165) is 0 Å². The molecule has 0 saturated carbocycles. The van der Waals surface area contributed by atoms with Crippen LogP contribution in [-0.2, 0) is 14.3 Å². The van der Waals surface area contributed by atoms with Gasteiger partial charge in [0, 0.05) is 0 Å². The lowest BCUT2D eigenvalue weighted by Gasteiger charge is -2.19. The Balaban J connectivity index is 2.53. The quantitative estimate of drug-likeness (QED) is 0.419. The van der Waals surface area contributed by atoms with E-state index in [-0.39, 0.29) is 12.5 Å². The van der Waals surface area contributed by atoms with E-state index in [1.807, 2.05) is 0 Å². The number of aliphatic hydroxyl groups is 1. The Morgan fingerprint density at radius 2 is 2.40 bits per heavy atom. The number of esters is 1. The van der Waals surface area contributed by atoms with E-state index in [4.69, 9.17) is 5.11 Å². The van der Waals surface area contributed by atoms with Crippen LogP contribution >= 0.6 is 0 Å². The number of aliphatic hydroxyl groups excluding tert-OH is 1. The van der Waals surface area contributed by atoms with Gasteiger partial charge in [0.1, 0.15) is 0 Å². The lowest BCUT2D eigenvalue weighted by Crippen LogP contribution is -2.50. The van der Waals surface area contributed by atoms with Crippen molar-refractivity contribution < 1.29 is 19.4 Å². The van der Waals surface area contributed by atoms with Gasteiger partial charge in [-0.3, -0.25) is 4.79 Å². The number of rotatable bonds is 1. The molecular formula is C5H7NO4. The third kappa shape index (κ3) is 1.24. The molecule has 2 N–H and O–H groups in total. The molecular weight excluding hydrogens is 138 g/mol. The monoisotopic (exact) mass is 145 g/mol. The van der Waals surface area contributed by atoms with Crippen LogP contribution in [0.2, 0.25) is 0 Å². The Bertz CT molecular complexity index is 167. The first-order chi connectivity index (χ1) is 4.74. The predicted molar refractivity (Wildman–Crippen MR) is 30.0 cm³/mol. The van der Waals surface area contributed by atoms with Crippen molar-refractivity contribution in [1.29, 1.82) is 0 Å². The number of amides is 1. The molecule has 1 aliphatic rings. The van der Waals surface area contributed by atoms with E-state index < -0.39 is 18.6 Å². The van der Waals surface area contributed by atoms with Crippen molar-refractivity contribution in [2.45, 2.75) is 6.04 Å². The maximum atomic E-state index is 10.6. The fraction of sp³-hybridized carbons (Fsp3) is 0.600. The Hall–Kier alpha value is -1.10. The van der Waals surface area contributed by atoms with Gasteiger partial charge >= 0.3 is 5.97 Å². The molecule has 0 aliphatic carbocycles. The van der Waals surface area contributed by atoms with E-state index in [2.05, 4.69) is 10.1 Å². The molecule has 0 aromatic rings. The maximum Gasteiger partial charge on any atom is 0.331 e. The third-order valence-corrected chi connectivity index (χ3v) is 1.15. The first-order valence-corrected chi connectivity index (χ1v) is 2.81. The molecule has 0 bridgehead atoms. The number of morpholine rings is 1. The molecule has 0 spiro atoms. The number of hydrogen-bond acceptors (Lipinski definition) is 4. The summed E-state index contributed by atoms with van der Waals surface area (Å²) >= 11 is 0. The van der Waals surface area contributed by atoms with E-state index in [1.165, 1.54) is 0 Å². The van der Waals surface area contributed by atoms with Crippen LogP contribution in [0.3, 0.4) is 0 Å². The standard InChI is InChI=1S/C5H7NO4/c7-1-3-5(9)10-2-4(8)6-3/h3,7H,1-2H2,(H,6,8). The third-order valence-electron chi connectivity index (χ3n) is 1.15. The summed E-state index contributed by atoms with van der Waals surface area (Å²) in [5.74, 6) is -0.958. The zero-order valence-electron chi connectivity index (χ0n) is 5.16. The molecule has 5 heteroatoms. The average Bonchev–Trinajstić information content (AvgIpc) is 1.94. The number of nitrogens with one attached hydrogen (secondary N) is 1. The normalized spacial score (nSPS) is 25.5. The Kier molecular flexibility index (Phi) is 1.86. The molecule has 10 heavy (non-hydrogen) atoms. The molecule has 0 aromatic carbocycles. The second-order valence-corrected chi connectivity index (χ2v) is 1.91. The van der Waals surface area contributed by atoms with Crippen molar-refractivity contribution >= 4 is 11.9 Å². The molecule has 0 radical (unpaired) electrons. The fourth-order valence-corrected chi connectivity index (χ4v) is 0.652. The van der Waals surface area contributed by atoms with Crippen LogP contribution < -0.4 is 5.32 Å². The average molecular weight is 145 g/mol. The van der Waals surface area contributed by atoms with E-state index in [0.29, 0.717) is 0 Å². The molecule has 1 fully saturated rings. The highest BCUT2D eigenvalue weighted by molar-refractivity contribution is 5.90. The van der Waals surface area contributed by atoms with E-state index in [1.54, 1.807) is 0 Å². The molecule has 1 heterocycles. The molecule has 1 aliphatic heterocycles. The van der Waals surface area contributed by atoms with Gasteiger partial charge in [0.15, 0.2) is 12.6 Å². The lowest BCUT2D eigenvalue weighted by molar-refractivity contribution is -0.158. The number of cyclic esters (lactones) is 1. The Morgan fingerprint density at radius 1 is 1.70 bits per heavy atom. The molecule has 56 valence electrons. The molecule has 1 unspecified atom stereocenters. The molecule has 0 aromatic heterocycles. The highest BCUT2D eigenvalue weighted by Crippen LogP contribution is 1.94. The highest BCUT2D eigenvalue weighted by Gasteiger charge is 2.26. The zero-order chi connectivity index (χ0) is 7.56. The summed E-state index contributed by atoms with van der Waals surface area (Å²) in [5, 5.41) is 10.7. The van der Waals surface area contributed by atoms with Crippen molar-refractivity contribution in [1.82, 2.24) is 5.32 Å². The van der Waals surface area contributed by atoms with Gasteiger partial charge in [-0.2, -0.15) is 0 Å². The van der Waals surface area contributed by atoms with Crippen LogP contribution in [-0.4, -0.2) is 36.2 Å². The second kappa shape index (κ2) is 2.66. The van der Waals surface area contributed by atoms with Crippen LogP contribution in [0.5, 0.6) is 0 Å². The number of hydrogen-bond donors (Lipinski definition) is 2. The minimum Gasteiger partial charge on any atom is -0.454 e. The second-order valence-electron chi connectivity index (χ2n) is 1.91. The van der Waals surface area contributed by atoms with Gasteiger partial charge < -0.3 is 15.2 Å². The summed E-state index contributed by atoms with van der Waals surface area (Å²) in [5.41, 5.74) is 0. The summed E-state index contributed by atoms with van der Waals surface area (Å²) < 4.78 is 4.38. The summed E-state index contributed by atoms with van der Waals surface area (Å²) in [6.07, 6.45) is 0. The fourth-order valence-electron chi connectivity index (χ4n) is 0.652. The highest BCUT2D eigenvalue weighted by atomic mass is 16.5. The van der Waals surface area contributed by atoms with Crippen molar-refractivity contribution in [2.75, 3.05) is 13.2 Å². The van der Waals surface area contributed by atoms with Gasteiger partial charge in [-0.05, 0) is 0 Å². The molecule has 1 saturated heterocycles. The van der Waals surface area contributed by atoms with Gasteiger partial charge in [-0.25, -0.2) is 4.79 Å². The largest absolute Gasteiger partial charge is 0.454 e. The van der Waals surface area contributed by atoms with Crippen molar-refractivity contribution in [3.8, 4) is 0 Å². The van der Waals surface area contributed by atoms with E-state index >= 15 is 0 Å². The van der Waals surface area contributed by atoms with Crippen molar-refractivity contribution in [3.63, 3.8) is 0 Å². The predicted octanol–water partition coefficient (Wildman–Crippen LogP) is -1.98. The minimum absolute atomic E-state index is 0.241. The lowest BCUT2D eigenvalue weighted by atomic mass is 10.3. The van der Waals surface area contributed by atoms with E-state index in [9.17, 15) is 9.59 Å². The Morgan fingerprint density at radius 3 is 2.90 bits per heavy atom. The van der Waals surface area contributed by atoms with Gasteiger partial charge in [-0.1, -0.05) is 0 Å². The van der Waals surface area contributed by atoms with Gasteiger partial charge in [0.05, 0.1) is 6.61 Å². The zero-order valence-corrected chi connectivity index (χ0v) is 5.16. The Labute approximate surface area is 57.0 Å². The van der Waals surface area contributed by atoms with Crippen LogP contribution in [0.15, 0.2) is 0 Å². The van der Waals surface area contributed by atoms with Crippen LogP contribution in [0, 0.1) is 0 Å². The van der Waals surface area contributed by atoms with Gasteiger partial charge in [0.25, 0.3) is 5.91 Å². The summed E-state index contributed by atoms with van der Waals surface area (Å²) in [6, 6.07) is -0.874. The topological polar surface area (TPSA) is 75.6 Å². The SMILES string of the molecule is O=C1COC(=O)C(CO)N1. The molecule has 5 nitrogen and oxygen atoms in total. The number of ether oxygens (including phenoxy) is 1. The molecule has 1 atom stereocenters. The smallest absolute Gasteiger partial charge is 0.331 e. The number of carbonyl (C=O) groups excluding carboxylic acids is 2. The molecule has 1 amide bonds. The van der Waals surface area contributed by atoms with Crippen molar-refractivity contribution in [3.05, 3.63) is 0 Å². The summed E-state index contributed by atoms with van der Waals surface area (Å²) in [7, 11) is 0. The first kappa shape index (κ1) is 7.01. The van der Waals surface area contributed by atoms with Gasteiger partial charge in [-0.15, -0.1) is 0 Å². The summed E-state index contributed by atoms with van der Waals surface area (Å²) in [4.78, 5) is 21.1. The van der Waals surface area contributed by atoms with Crippen LogP contribution in [0.25, 0.3) is 0 Å². The number of carbonyl (C=O) groups is 2. The van der Waals surface area contributed by atoms with Crippen LogP contribution in [0.1, 0.15) is 0 Å².